The second-order valence-electron chi connectivity index (χ2n) is 7.92. The number of halogens is 1. The number of carbonyl (C=O) groups excluding carboxylic acids is 1. The van der Waals surface area contributed by atoms with Crippen LogP contribution in [0, 0.1) is 0 Å². The summed E-state index contributed by atoms with van der Waals surface area (Å²) in [4.78, 5) is 12.8. The summed E-state index contributed by atoms with van der Waals surface area (Å²) >= 11 is 0. The highest BCUT2D eigenvalue weighted by atomic mass is 35.5. The van der Waals surface area contributed by atoms with Crippen LogP contribution in [0.15, 0.2) is 18.2 Å². The van der Waals surface area contributed by atoms with E-state index in [2.05, 4.69) is 16.7 Å². The fraction of sp³-hybridized carbons (Fsp3) is 0.667. The van der Waals surface area contributed by atoms with Gasteiger partial charge in [0.1, 0.15) is 5.75 Å². The zero-order chi connectivity index (χ0) is 17.9. The molecule has 1 saturated heterocycles. The zero-order valence-electron chi connectivity index (χ0n) is 16.0. The Bertz CT molecular complexity index is 642. The summed E-state index contributed by atoms with van der Waals surface area (Å²) in [5, 5.41) is 6.95. The van der Waals surface area contributed by atoms with Gasteiger partial charge >= 0.3 is 0 Å². The van der Waals surface area contributed by atoms with Gasteiger partial charge in [0.05, 0.1) is 12.7 Å². The van der Waals surface area contributed by atoms with Crippen molar-refractivity contribution in [1.29, 1.82) is 0 Å². The number of benzene rings is 1. The van der Waals surface area contributed by atoms with Crippen LogP contribution < -0.4 is 15.4 Å². The minimum Gasteiger partial charge on any atom is -0.496 e. The molecule has 6 heteroatoms. The fourth-order valence-electron chi connectivity index (χ4n) is 4.38. The molecule has 3 fully saturated rings. The molecule has 27 heavy (non-hydrogen) atoms. The molecule has 2 saturated carbocycles. The number of hydrogen-bond donors (Lipinski definition) is 2. The molecule has 1 heterocycles. The molecule has 1 aromatic rings. The van der Waals surface area contributed by atoms with Gasteiger partial charge in [-0.25, -0.2) is 0 Å². The number of carbonyl (C=O) groups is 1. The molecule has 1 amide bonds. The third-order valence-corrected chi connectivity index (χ3v) is 6.05. The monoisotopic (exact) mass is 394 g/mol. The van der Waals surface area contributed by atoms with Gasteiger partial charge in [-0.1, -0.05) is 18.9 Å². The average molecular weight is 395 g/mol. The van der Waals surface area contributed by atoms with Crippen molar-refractivity contribution in [3.05, 3.63) is 29.3 Å². The van der Waals surface area contributed by atoms with Crippen LogP contribution in [0.1, 0.15) is 66.8 Å². The maximum atomic E-state index is 12.8. The Labute approximate surface area is 168 Å². The number of nitrogens with one attached hydrogen (secondary N) is 2. The van der Waals surface area contributed by atoms with E-state index >= 15 is 0 Å². The van der Waals surface area contributed by atoms with E-state index in [1.54, 1.807) is 7.11 Å². The highest BCUT2D eigenvalue weighted by Gasteiger charge is 2.40. The second kappa shape index (κ2) is 9.26. The lowest BCUT2D eigenvalue weighted by molar-refractivity contribution is 0.0774. The first kappa shape index (κ1) is 20.4. The lowest BCUT2D eigenvalue weighted by Gasteiger charge is -2.23. The smallest absolute Gasteiger partial charge is 0.255 e. The molecule has 0 spiro atoms. The Balaban J connectivity index is 0.00000210. The van der Waals surface area contributed by atoms with E-state index in [9.17, 15) is 4.79 Å². The van der Waals surface area contributed by atoms with Crippen LogP contribution in [0.4, 0.5) is 0 Å². The topological polar surface area (TPSA) is 59.6 Å². The Morgan fingerprint density at radius 3 is 2.56 bits per heavy atom. The van der Waals surface area contributed by atoms with Gasteiger partial charge < -0.3 is 20.1 Å². The van der Waals surface area contributed by atoms with Crippen LogP contribution in [-0.4, -0.2) is 44.4 Å². The molecule has 1 aromatic carbocycles. The quantitative estimate of drug-likeness (QED) is 0.776. The van der Waals surface area contributed by atoms with Crippen LogP contribution >= 0.6 is 12.4 Å². The third kappa shape index (κ3) is 4.95. The molecule has 150 valence electrons. The first-order valence-electron chi connectivity index (χ1n) is 10.1. The van der Waals surface area contributed by atoms with Crippen molar-refractivity contribution in [3.8, 4) is 5.75 Å². The standard InChI is InChI=1S/C21H30N2O3.ClH/c1-25-20-7-6-14(12-18(20)21(24)23-15-4-2-3-5-15)17-13-19(17)22-16-8-10-26-11-9-16;/h6-7,12,15-17,19,22H,2-5,8-11,13H2,1H3,(H,23,24);1H. The van der Waals surface area contributed by atoms with Gasteiger partial charge in [-0.3, -0.25) is 4.79 Å². The van der Waals surface area contributed by atoms with Gasteiger partial charge in [-0.05, 0) is 49.8 Å². The maximum absolute atomic E-state index is 12.8. The summed E-state index contributed by atoms with van der Waals surface area (Å²) in [6.07, 6.45) is 7.95. The number of methoxy groups -OCH3 is 1. The van der Waals surface area contributed by atoms with Crippen molar-refractivity contribution >= 4 is 18.3 Å². The van der Waals surface area contributed by atoms with Crippen LogP contribution in [0.3, 0.4) is 0 Å². The third-order valence-electron chi connectivity index (χ3n) is 6.05. The maximum Gasteiger partial charge on any atom is 0.255 e. The van der Waals surface area contributed by atoms with E-state index in [1.165, 1.54) is 18.4 Å². The first-order valence-corrected chi connectivity index (χ1v) is 10.1. The van der Waals surface area contributed by atoms with Gasteiger partial charge in [0.25, 0.3) is 5.91 Å². The van der Waals surface area contributed by atoms with Crippen molar-refractivity contribution in [1.82, 2.24) is 10.6 Å². The molecule has 2 unspecified atom stereocenters. The molecule has 5 nitrogen and oxygen atoms in total. The summed E-state index contributed by atoms with van der Waals surface area (Å²) in [5.74, 6) is 1.17. The van der Waals surface area contributed by atoms with E-state index < -0.39 is 0 Å². The van der Waals surface area contributed by atoms with E-state index in [-0.39, 0.29) is 18.3 Å². The zero-order valence-corrected chi connectivity index (χ0v) is 16.9. The normalized spacial score (nSPS) is 25.7. The highest BCUT2D eigenvalue weighted by molar-refractivity contribution is 5.97. The minimum atomic E-state index is 0. The molecule has 2 atom stereocenters. The van der Waals surface area contributed by atoms with E-state index in [4.69, 9.17) is 9.47 Å². The predicted molar refractivity (Wildman–Crippen MR) is 108 cm³/mol. The van der Waals surface area contributed by atoms with Crippen molar-refractivity contribution in [2.75, 3.05) is 20.3 Å². The van der Waals surface area contributed by atoms with E-state index in [1.807, 2.05) is 12.1 Å². The number of ether oxygens (including phenoxy) is 2. The average Bonchev–Trinajstić information content (AvgIpc) is 3.24. The molecule has 2 N–H and O–H groups in total. The summed E-state index contributed by atoms with van der Waals surface area (Å²) in [5.41, 5.74) is 1.92. The molecule has 0 radical (unpaired) electrons. The molecule has 4 rings (SSSR count). The van der Waals surface area contributed by atoms with Gasteiger partial charge in [0.15, 0.2) is 0 Å². The van der Waals surface area contributed by atoms with E-state index in [0.29, 0.717) is 35.4 Å². The molecular weight excluding hydrogens is 364 g/mol. The second-order valence-corrected chi connectivity index (χ2v) is 7.92. The molecule has 0 bridgehead atoms. The lowest BCUT2D eigenvalue weighted by atomic mass is 10.0. The lowest BCUT2D eigenvalue weighted by Crippen LogP contribution is -2.36. The highest BCUT2D eigenvalue weighted by Crippen LogP contribution is 2.42. The van der Waals surface area contributed by atoms with Gasteiger partial charge in [0.2, 0.25) is 0 Å². The molecule has 2 aliphatic carbocycles. The predicted octanol–water partition coefficient (Wildman–Crippen LogP) is 3.41. The Kier molecular flexibility index (Phi) is 7.01. The van der Waals surface area contributed by atoms with E-state index in [0.717, 1.165) is 45.3 Å². The van der Waals surface area contributed by atoms with Crippen molar-refractivity contribution in [3.63, 3.8) is 0 Å². The fourth-order valence-corrected chi connectivity index (χ4v) is 4.38. The van der Waals surface area contributed by atoms with Gasteiger partial charge in [0, 0.05) is 37.3 Å². The number of hydrogen-bond acceptors (Lipinski definition) is 4. The van der Waals surface area contributed by atoms with Crippen molar-refractivity contribution in [2.24, 2.45) is 0 Å². The molecule has 1 aliphatic heterocycles. The number of amides is 1. The van der Waals surface area contributed by atoms with Crippen LogP contribution in [0.25, 0.3) is 0 Å². The summed E-state index contributed by atoms with van der Waals surface area (Å²) in [6, 6.07) is 7.52. The SMILES string of the molecule is COc1ccc(C2CC2NC2CCOCC2)cc1C(=O)NC1CCCC1.Cl. The van der Waals surface area contributed by atoms with Crippen LogP contribution in [-0.2, 0) is 4.74 Å². The number of rotatable bonds is 6. The van der Waals surface area contributed by atoms with Gasteiger partial charge in [-0.15, -0.1) is 12.4 Å². The van der Waals surface area contributed by atoms with Crippen LogP contribution in [0.5, 0.6) is 5.75 Å². The first-order chi connectivity index (χ1) is 12.7. The molecular formula is C21H31ClN2O3. The van der Waals surface area contributed by atoms with Crippen molar-refractivity contribution in [2.45, 2.75) is 69.0 Å². The van der Waals surface area contributed by atoms with Crippen molar-refractivity contribution < 1.29 is 14.3 Å². The Morgan fingerprint density at radius 1 is 1.11 bits per heavy atom. The summed E-state index contributed by atoms with van der Waals surface area (Å²) < 4.78 is 10.9. The largest absolute Gasteiger partial charge is 0.496 e. The molecule has 3 aliphatic rings. The molecule has 0 aromatic heterocycles. The van der Waals surface area contributed by atoms with Crippen LogP contribution in [0.2, 0.25) is 0 Å². The van der Waals surface area contributed by atoms with Gasteiger partial charge in [-0.2, -0.15) is 0 Å². The Hall–Kier alpha value is -1.30. The minimum absolute atomic E-state index is 0. The summed E-state index contributed by atoms with van der Waals surface area (Å²) in [6.45, 7) is 1.73. The summed E-state index contributed by atoms with van der Waals surface area (Å²) in [7, 11) is 1.63. The Morgan fingerprint density at radius 2 is 1.85 bits per heavy atom.